The van der Waals surface area contributed by atoms with E-state index >= 15 is 0 Å². The van der Waals surface area contributed by atoms with Gasteiger partial charge in [-0.15, -0.1) is 0 Å². The quantitative estimate of drug-likeness (QED) is 0.869. The Labute approximate surface area is 116 Å². The van der Waals surface area contributed by atoms with Gasteiger partial charge in [0.15, 0.2) is 0 Å². The molecule has 0 radical (unpaired) electrons. The summed E-state index contributed by atoms with van der Waals surface area (Å²) in [5, 5.41) is 11.6. The molecule has 0 aliphatic heterocycles. The number of benzene rings is 1. The molecule has 0 fully saturated rings. The Bertz CT molecular complexity index is 520. The second kappa shape index (κ2) is 5.48. The summed E-state index contributed by atoms with van der Waals surface area (Å²) in [7, 11) is 0. The fraction of sp³-hybridized carbons (Fsp3) is 0.385. The second-order valence-electron chi connectivity index (χ2n) is 5.08. The molecule has 1 amide bonds. The molecule has 0 bridgehead atoms. The van der Waals surface area contributed by atoms with Crippen LogP contribution in [0.1, 0.15) is 36.7 Å². The summed E-state index contributed by atoms with van der Waals surface area (Å²) in [4.78, 5) is 22.6. The van der Waals surface area contributed by atoms with Crippen molar-refractivity contribution in [1.29, 1.82) is 0 Å². The largest absolute Gasteiger partial charge is 0.478 e. The summed E-state index contributed by atoms with van der Waals surface area (Å²) in [5.74, 6) is -1.16. The van der Waals surface area contributed by atoms with Crippen molar-refractivity contribution in [2.45, 2.75) is 33.3 Å². The molecule has 0 spiro atoms. The molecule has 0 heterocycles. The third-order valence-electron chi connectivity index (χ3n) is 2.18. The highest BCUT2D eigenvalue weighted by Crippen LogP contribution is 2.25. The minimum atomic E-state index is -1.16. The summed E-state index contributed by atoms with van der Waals surface area (Å²) in [6, 6.07) is 2.79. The SMILES string of the molecule is Cc1cc(Cl)c(C(=O)O)cc1NC(=O)OC(C)(C)C. The molecule has 0 aromatic heterocycles. The number of aryl methyl sites for hydroxylation is 1. The molecule has 2 N–H and O–H groups in total. The van der Waals surface area contributed by atoms with Crippen LogP contribution >= 0.6 is 11.6 Å². The summed E-state index contributed by atoms with van der Waals surface area (Å²) >= 11 is 5.81. The molecule has 1 rings (SSSR count). The number of anilines is 1. The number of carboxylic acid groups (broad SMARTS) is 1. The minimum Gasteiger partial charge on any atom is -0.478 e. The van der Waals surface area contributed by atoms with E-state index in [1.807, 2.05) is 0 Å². The van der Waals surface area contributed by atoms with Crippen molar-refractivity contribution in [3.05, 3.63) is 28.3 Å². The Morgan fingerprint density at radius 1 is 1.32 bits per heavy atom. The van der Waals surface area contributed by atoms with Crippen LogP contribution in [-0.2, 0) is 4.74 Å². The predicted octanol–water partition coefficient (Wildman–Crippen LogP) is 3.69. The van der Waals surface area contributed by atoms with Crippen molar-refractivity contribution in [1.82, 2.24) is 0 Å². The molecule has 0 saturated heterocycles. The molecule has 1 aromatic carbocycles. The Kier molecular flexibility index (Phi) is 4.42. The fourth-order valence-electron chi connectivity index (χ4n) is 1.38. The number of amides is 1. The van der Waals surface area contributed by atoms with E-state index in [0.29, 0.717) is 11.3 Å². The molecule has 6 heteroatoms. The average molecular weight is 286 g/mol. The fourth-order valence-corrected chi connectivity index (χ4v) is 1.68. The van der Waals surface area contributed by atoms with Crippen molar-refractivity contribution in [3.8, 4) is 0 Å². The molecule has 0 saturated carbocycles. The number of carboxylic acids is 1. The smallest absolute Gasteiger partial charge is 0.412 e. The number of carbonyl (C=O) groups is 2. The van der Waals surface area contributed by atoms with Gasteiger partial charge in [-0.25, -0.2) is 9.59 Å². The van der Waals surface area contributed by atoms with Crippen LogP contribution in [-0.4, -0.2) is 22.8 Å². The van der Waals surface area contributed by atoms with Crippen molar-refractivity contribution in [2.24, 2.45) is 0 Å². The van der Waals surface area contributed by atoms with Crippen molar-refractivity contribution in [2.75, 3.05) is 5.32 Å². The number of ether oxygens (including phenoxy) is 1. The average Bonchev–Trinajstić information content (AvgIpc) is 2.18. The highest BCUT2D eigenvalue weighted by atomic mass is 35.5. The van der Waals surface area contributed by atoms with E-state index in [0.717, 1.165) is 0 Å². The molecule has 104 valence electrons. The third kappa shape index (κ3) is 4.44. The van der Waals surface area contributed by atoms with Crippen molar-refractivity contribution in [3.63, 3.8) is 0 Å². The number of hydrogen-bond acceptors (Lipinski definition) is 3. The van der Waals surface area contributed by atoms with Gasteiger partial charge in [-0.05, 0) is 45.4 Å². The number of nitrogens with one attached hydrogen (secondary N) is 1. The van der Waals surface area contributed by atoms with E-state index in [-0.39, 0.29) is 10.6 Å². The predicted molar refractivity (Wildman–Crippen MR) is 73.0 cm³/mol. The maximum absolute atomic E-state index is 11.6. The topological polar surface area (TPSA) is 75.6 Å². The zero-order valence-electron chi connectivity index (χ0n) is 11.2. The van der Waals surface area contributed by atoms with Gasteiger partial charge in [0.05, 0.1) is 10.6 Å². The Balaban J connectivity index is 2.99. The van der Waals surface area contributed by atoms with Gasteiger partial charge in [-0.2, -0.15) is 0 Å². The van der Waals surface area contributed by atoms with Gasteiger partial charge in [0.1, 0.15) is 5.60 Å². The summed E-state index contributed by atoms with van der Waals surface area (Å²) in [6.45, 7) is 6.93. The third-order valence-corrected chi connectivity index (χ3v) is 2.49. The molecule has 1 aromatic rings. The van der Waals surface area contributed by atoms with Crippen LogP contribution in [0.15, 0.2) is 12.1 Å². The lowest BCUT2D eigenvalue weighted by molar-refractivity contribution is 0.0632. The van der Waals surface area contributed by atoms with E-state index in [9.17, 15) is 9.59 Å². The molecule has 19 heavy (non-hydrogen) atoms. The van der Waals surface area contributed by atoms with Gasteiger partial charge < -0.3 is 9.84 Å². The number of aromatic carboxylic acids is 1. The molecule has 0 aliphatic rings. The van der Waals surface area contributed by atoms with Crippen LogP contribution in [0.4, 0.5) is 10.5 Å². The lowest BCUT2D eigenvalue weighted by Gasteiger charge is -2.20. The van der Waals surface area contributed by atoms with Crippen molar-refractivity contribution >= 4 is 29.4 Å². The number of rotatable bonds is 2. The van der Waals surface area contributed by atoms with Crippen LogP contribution in [0.2, 0.25) is 5.02 Å². The van der Waals surface area contributed by atoms with Gasteiger partial charge in [0, 0.05) is 5.69 Å². The Morgan fingerprint density at radius 2 is 1.89 bits per heavy atom. The standard InChI is InChI=1S/C13H16ClNO4/c1-7-5-9(14)8(11(16)17)6-10(7)15-12(18)19-13(2,3)4/h5-6H,1-4H3,(H,15,18)(H,16,17). The van der Waals surface area contributed by atoms with E-state index in [1.54, 1.807) is 27.7 Å². The lowest BCUT2D eigenvalue weighted by Crippen LogP contribution is -2.27. The van der Waals surface area contributed by atoms with Crippen molar-refractivity contribution < 1.29 is 19.4 Å². The lowest BCUT2D eigenvalue weighted by atomic mass is 10.1. The normalized spacial score (nSPS) is 11.0. The van der Waals surface area contributed by atoms with E-state index in [4.69, 9.17) is 21.4 Å². The Hall–Kier alpha value is -1.75. The summed E-state index contributed by atoms with van der Waals surface area (Å²) in [5.41, 5.74) is 0.315. The van der Waals surface area contributed by atoms with Gasteiger partial charge >= 0.3 is 12.1 Å². The van der Waals surface area contributed by atoms with Gasteiger partial charge in [-0.1, -0.05) is 11.6 Å². The molecular formula is C13H16ClNO4. The second-order valence-corrected chi connectivity index (χ2v) is 5.49. The first-order valence-corrected chi connectivity index (χ1v) is 6.01. The highest BCUT2D eigenvalue weighted by Gasteiger charge is 2.18. The van der Waals surface area contributed by atoms with Crippen LogP contribution in [0.5, 0.6) is 0 Å². The van der Waals surface area contributed by atoms with Gasteiger partial charge in [0.25, 0.3) is 0 Å². The van der Waals surface area contributed by atoms with Crippen LogP contribution in [0.25, 0.3) is 0 Å². The molecule has 0 unspecified atom stereocenters. The van der Waals surface area contributed by atoms with E-state index in [1.165, 1.54) is 12.1 Å². The number of hydrogen-bond donors (Lipinski definition) is 2. The molecule has 5 nitrogen and oxygen atoms in total. The number of carbonyl (C=O) groups excluding carboxylic acids is 1. The first-order chi connectivity index (χ1) is 8.60. The maximum atomic E-state index is 11.6. The van der Waals surface area contributed by atoms with E-state index in [2.05, 4.69) is 5.32 Å². The molecule has 0 atom stereocenters. The van der Waals surface area contributed by atoms with Gasteiger partial charge in [-0.3, -0.25) is 5.32 Å². The minimum absolute atomic E-state index is 0.0710. The van der Waals surface area contributed by atoms with Crippen LogP contribution < -0.4 is 5.32 Å². The zero-order chi connectivity index (χ0) is 14.8. The van der Waals surface area contributed by atoms with E-state index < -0.39 is 17.7 Å². The molecular weight excluding hydrogens is 270 g/mol. The van der Waals surface area contributed by atoms with Crippen LogP contribution in [0.3, 0.4) is 0 Å². The molecule has 0 aliphatic carbocycles. The highest BCUT2D eigenvalue weighted by molar-refractivity contribution is 6.33. The Morgan fingerprint density at radius 3 is 2.37 bits per heavy atom. The summed E-state index contributed by atoms with van der Waals surface area (Å²) in [6.07, 6.45) is -0.644. The first-order valence-electron chi connectivity index (χ1n) is 5.63. The van der Waals surface area contributed by atoms with Crippen LogP contribution in [0, 0.1) is 6.92 Å². The van der Waals surface area contributed by atoms with Gasteiger partial charge in [0.2, 0.25) is 0 Å². The first kappa shape index (κ1) is 15.3. The number of halogens is 1. The maximum Gasteiger partial charge on any atom is 0.412 e. The summed E-state index contributed by atoms with van der Waals surface area (Å²) < 4.78 is 5.10. The monoisotopic (exact) mass is 285 g/mol. The zero-order valence-corrected chi connectivity index (χ0v) is 12.0.